The molecule has 74 valence electrons. The lowest BCUT2D eigenvalue weighted by molar-refractivity contribution is -0.120. The minimum Gasteiger partial charge on any atom is -0.355 e. The largest absolute Gasteiger partial charge is 0.355 e. The Hall–Kier alpha value is -1.90. The summed E-state index contributed by atoms with van der Waals surface area (Å²) in [7, 11) is 0. The molecule has 1 aromatic rings. The van der Waals surface area contributed by atoms with E-state index in [4.69, 9.17) is 5.26 Å². The van der Waals surface area contributed by atoms with Crippen LogP contribution in [0.3, 0.4) is 0 Å². The van der Waals surface area contributed by atoms with E-state index in [2.05, 4.69) is 15.6 Å². The van der Waals surface area contributed by atoms with Crippen LogP contribution in [0.5, 0.6) is 0 Å². The number of hydrogen-bond donors (Lipinski definition) is 1. The van der Waals surface area contributed by atoms with Gasteiger partial charge in [-0.3, -0.25) is 9.48 Å². The van der Waals surface area contributed by atoms with Crippen molar-refractivity contribution in [2.75, 3.05) is 6.54 Å². The predicted molar refractivity (Wildman–Crippen MR) is 47.9 cm³/mol. The third-order valence-electron chi connectivity index (χ3n) is 1.60. The maximum atomic E-state index is 10.8. The van der Waals surface area contributed by atoms with Crippen molar-refractivity contribution in [2.24, 2.45) is 0 Å². The topological polar surface area (TPSA) is 83.6 Å². The molecule has 1 rings (SSSR count). The zero-order chi connectivity index (χ0) is 10.2. The number of nitrogens with one attached hydrogen (secondary N) is 1. The number of aromatic nitrogens is 3. The molecule has 0 aliphatic carbocycles. The average molecular weight is 193 g/mol. The van der Waals surface area contributed by atoms with E-state index >= 15 is 0 Å². The zero-order valence-electron chi connectivity index (χ0n) is 7.68. The van der Waals surface area contributed by atoms with Crippen molar-refractivity contribution in [3.8, 4) is 6.07 Å². The van der Waals surface area contributed by atoms with Crippen molar-refractivity contribution in [2.45, 2.75) is 19.4 Å². The Bertz CT molecular complexity index is 313. The number of hydrogen-bond acceptors (Lipinski definition) is 4. The van der Waals surface area contributed by atoms with E-state index in [9.17, 15) is 4.79 Å². The van der Waals surface area contributed by atoms with Crippen LogP contribution in [0.4, 0.5) is 0 Å². The van der Waals surface area contributed by atoms with Gasteiger partial charge >= 0.3 is 0 Å². The van der Waals surface area contributed by atoms with E-state index in [0.29, 0.717) is 13.1 Å². The van der Waals surface area contributed by atoms with Crippen molar-refractivity contribution in [1.29, 1.82) is 5.26 Å². The van der Waals surface area contributed by atoms with Gasteiger partial charge in [0.15, 0.2) is 0 Å². The Balaban J connectivity index is 2.06. The first-order valence-corrected chi connectivity index (χ1v) is 4.30. The van der Waals surface area contributed by atoms with Gasteiger partial charge in [0.1, 0.15) is 6.42 Å². The van der Waals surface area contributed by atoms with Gasteiger partial charge in [0.25, 0.3) is 0 Å². The molecule has 0 aromatic carbocycles. The van der Waals surface area contributed by atoms with Crippen LogP contribution < -0.4 is 5.32 Å². The van der Waals surface area contributed by atoms with Crippen LogP contribution in [-0.4, -0.2) is 27.4 Å². The maximum absolute atomic E-state index is 10.8. The Morgan fingerprint density at radius 1 is 1.64 bits per heavy atom. The molecule has 6 nitrogen and oxygen atoms in total. The summed E-state index contributed by atoms with van der Waals surface area (Å²) in [5, 5.41) is 18.3. The normalized spacial score (nSPS) is 9.36. The Morgan fingerprint density at radius 2 is 2.50 bits per heavy atom. The number of aryl methyl sites for hydroxylation is 1. The van der Waals surface area contributed by atoms with E-state index in [-0.39, 0.29) is 12.3 Å². The number of nitrogens with zero attached hydrogens (tertiary/aromatic N) is 4. The molecule has 6 heteroatoms. The predicted octanol–water partition coefficient (Wildman–Crippen LogP) is -0.302. The molecule has 0 bridgehead atoms. The van der Waals surface area contributed by atoms with Crippen molar-refractivity contribution in [3.05, 3.63) is 12.4 Å². The van der Waals surface area contributed by atoms with Crippen LogP contribution in [0.25, 0.3) is 0 Å². The van der Waals surface area contributed by atoms with Gasteiger partial charge in [-0.05, 0) is 6.42 Å². The van der Waals surface area contributed by atoms with Gasteiger partial charge < -0.3 is 5.32 Å². The molecule has 1 heterocycles. The SMILES string of the molecule is N#CCC(=O)NCCCn1ccnn1. The molecule has 0 aliphatic heterocycles. The van der Waals surface area contributed by atoms with Gasteiger partial charge in [-0.2, -0.15) is 5.26 Å². The highest BCUT2D eigenvalue weighted by Gasteiger charge is 1.98. The molecule has 14 heavy (non-hydrogen) atoms. The molecule has 0 aliphatic rings. The minimum atomic E-state index is -0.230. The summed E-state index contributed by atoms with van der Waals surface area (Å²) in [6, 6.07) is 1.78. The molecule has 1 aromatic heterocycles. The molecule has 0 saturated heterocycles. The summed E-state index contributed by atoms with van der Waals surface area (Å²) in [5.74, 6) is -0.230. The second kappa shape index (κ2) is 5.70. The van der Waals surface area contributed by atoms with Crippen molar-refractivity contribution in [1.82, 2.24) is 20.3 Å². The molecule has 0 radical (unpaired) electrons. The highest BCUT2D eigenvalue weighted by Crippen LogP contribution is 1.86. The van der Waals surface area contributed by atoms with Crippen LogP contribution >= 0.6 is 0 Å². The van der Waals surface area contributed by atoms with Crippen LogP contribution in [0.2, 0.25) is 0 Å². The number of nitriles is 1. The Morgan fingerprint density at radius 3 is 3.14 bits per heavy atom. The molecule has 0 fully saturated rings. The third-order valence-corrected chi connectivity index (χ3v) is 1.60. The van der Waals surface area contributed by atoms with Crippen LogP contribution in [0.1, 0.15) is 12.8 Å². The molecule has 0 saturated carbocycles. The summed E-state index contributed by atoms with van der Waals surface area (Å²) in [6.45, 7) is 1.27. The summed E-state index contributed by atoms with van der Waals surface area (Å²) < 4.78 is 1.69. The van der Waals surface area contributed by atoms with E-state index in [1.165, 1.54) is 0 Å². The van der Waals surface area contributed by atoms with Crippen molar-refractivity contribution >= 4 is 5.91 Å². The Kier molecular flexibility index (Phi) is 4.14. The molecule has 0 spiro atoms. The number of carbonyl (C=O) groups is 1. The standard InChI is InChI=1S/C8H11N5O/c9-3-2-8(14)10-4-1-6-13-7-5-11-12-13/h5,7H,1-2,4,6H2,(H,10,14). The van der Waals surface area contributed by atoms with Crippen LogP contribution in [0, 0.1) is 11.3 Å². The van der Waals surface area contributed by atoms with E-state index < -0.39 is 0 Å². The zero-order valence-corrected chi connectivity index (χ0v) is 7.68. The minimum absolute atomic E-state index is 0.0800. The lowest BCUT2D eigenvalue weighted by Gasteiger charge is -2.01. The van der Waals surface area contributed by atoms with E-state index in [1.54, 1.807) is 23.1 Å². The van der Waals surface area contributed by atoms with Crippen LogP contribution in [-0.2, 0) is 11.3 Å². The summed E-state index contributed by atoms with van der Waals surface area (Å²) in [5.41, 5.74) is 0. The second-order valence-electron chi connectivity index (χ2n) is 2.70. The molecule has 1 N–H and O–H groups in total. The Labute approximate surface area is 81.5 Å². The average Bonchev–Trinajstić information content (AvgIpc) is 2.65. The van der Waals surface area contributed by atoms with Crippen molar-refractivity contribution < 1.29 is 4.79 Å². The fourth-order valence-corrected chi connectivity index (χ4v) is 0.955. The summed E-state index contributed by atoms with van der Waals surface area (Å²) in [4.78, 5) is 10.8. The molecule has 1 amide bonds. The first-order chi connectivity index (χ1) is 6.83. The monoisotopic (exact) mass is 193 g/mol. The number of carbonyl (C=O) groups excluding carboxylic acids is 1. The van der Waals surface area contributed by atoms with Gasteiger partial charge in [-0.25, -0.2) is 0 Å². The van der Waals surface area contributed by atoms with E-state index in [1.807, 2.05) is 0 Å². The molecular formula is C8H11N5O. The summed E-state index contributed by atoms with van der Waals surface area (Å²) in [6.07, 6.45) is 4.06. The molecular weight excluding hydrogens is 182 g/mol. The second-order valence-corrected chi connectivity index (χ2v) is 2.70. The number of amides is 1. The number of rotatable bonds is 5. The first-order valence-electron chi connectivity index (χ1n) is 4.30. The van der Waals surface area contributed by atoms with Gasteiger partial charge in [0, 0.05) is 19.3 Å². The van der Waals surface area contributed by atoms with Crippen molar-refractivity contribution in [3.63, 3.8) is 0 Å². The third kappa shape index (κ3) is 3.67. The van der Waals surface area contributed by atoms with E-state index in [0.717, 1.165) is 6.42 Å². The fourth-order valence-electron chi connectivity index (χ4n) is 0.955. The lowest BCUT2D eigenvalue weighted by Crippen LogP contribution is -2.24. The van der Waals surface area contributed by atoms with Gasteiger partial charge in [-0.1, -0.05) is 5.21 Å². The first kappa shape index (κ1) is 10.2. The molecule has 0 unspecified atom stereocenters. The lowest BCUT2D eigenvalue weighted by atomic mass is 10.4. The highest BCUT2D eigenvalue weighted by molar-refractivity contribution is 5.77. The summed E-state index contributed by atoms with van der Waals surface area (Å²) >= 11 is 0. The van der Waals surface area contributed by atoms with Gasteiger partial charge in [-0.15, -0.1) is 5.10 Å². The molecule has 0 atom stereocenters. The quantitative estimate of drug-likeness (QED) is 0.650. The van der Waals surface area contributed by atoms with Gasteiger partial charge in [0.2, 0.25) is 5.91 Å². The maximum Gasteiger partial charge on any atom is 0.234 e. The van der Waals surface area contributed by atoms with Gasteiger partial charge in [0.05, 0.1) is 12.3 Å². The highest BCUT2D eigenvalue weighted by atomic mass is 16.1. The smallest absolute Gasteiger partial charge is 0.234 e. The van der Waals surface area contributed by atoms with Crippen LogP contribution in [0.15, 0.2) is 12.4 Å². The fraction of sp³-hybridized carbons (Fsp3) is 0.500.